The van der Waals surface area contributed by atoms with E-state index in [1.165, 1.54) is 30.4 Å². The van der Waals surface area contributed by atoms with E-state index in [9.17, 15) is 0 Å². The Labute approximate surface area is 133 Å². The normalized spacial score (nSPS) is 22.4. The first kappa shape index (κ1) is 14.8. The SMILES string of the molecule is C(=C[C@@H]1CCC[C@@H](C=Cc2ccccc2)N1)c1ccccc1. The van der Waals surface area contributed by atoms with Gasteiger partial charge in [0.05, 0.1) is 0 Å². The predicted octanol–water partition coefficient (Wildman–Crippen LogP) is 4.92. The third kappa shape index (κ3) is 4.44. The molecule has 1 nitrogen and oxygen atoms in total. The van der Waals surface area contributed by atoms with Crippen LogP contribution in [0.15, 0.2) is 72.8 Å². The van der Waals surface area contributed by atoms with Gasteiger partial charge in [0.15, 0.2) is 0 Å². The van der Waals surface area contributed by atoms with Gasteiger partial charge in [-0.25, -0.2) is 0 Å². The number of piperidine rings is 1. The van der Waals surface area contributed by atoms with E-state index in [1.807, 2.05) is 0 Å². The van der Waals surface area contributed by atoms with Crippen molar-refractivity contribution in [3.05, 3.63) is 83.9 Å². The molecule has 1 saturated heterocycles. The van der Waals surface area contributed by atoms with E-state index in [0.29, 0.717) is 12.1 Å². The molecular formula is C21H23N. The van der Waals surface area contributed by atoms with Crippen LogP contribution in [0.25, 0.3) is 12.2 Å². The lowest BCUT2D eigenvalue weighted by atomic mass is 9.97. The Balaban J connectivity index is 1.57. The minimum Gasteiger partial charge on any atom is -0.304 e. The van der Waals surface area contributed by atoms with E-state index in [-0.39, 0.29) is 0 Å². The topological polar surface area (TPSA) is 12.0 Å². The molecule has 0 aliphatic carbocycles. The lowest BCUT2D eigenvalue weighted by Crippen LogP contribution is -2.39. The molecule has 3 rings (SSSR count). The van der Waals surface area contributed by atoms with Gasteiger partial charge >= 0.3 is 0 Å². The zero-order chi connectivity index (χ0) is 15.0. The molecule has 2 aromatic rings. The third-order valence-corrected chi connectivity index (χ3v) is 4.10. The van der Waals surface area contributed by atoms with Gasteiger partial charge in [0, 0.05) is 12.1 Å². The van der Waals surface area contributed by atoms with Gasteiger partial charge in [0.2, 0.25) is 0 Å². The summed E-state index contributed by atoms with van der Waals surface area (Å²) >= 11 is 0. The van der Waals surface area contributed by atoms with Gasteiger partial charge in [-0.05, 0) is 30.4 Å². The van der Waals surface area contributed by atoms with Crippen LogP contribution in [0, 0.1) is 0 Å². The molecule has 112 valence electrons. The molecule has 0 aromatic heterocycles. The standard InChI is InChI=1S/C21H23N/c1-3-8-18(9-4-1)14-16-20-12-7-13-21(22-20)17-15-19-10-5-2-6-11-19/h1-6,8-11,14-17,20-22H,7,12-13H2/t20-,21-/m0/s1. The van der Waals surface area contributed by atoms with Crippen LogP contribution in [0.2, 0.25) is 0 Å². The van der Waals surface area contributed by atoms with Gasteiger partial charge in [-0.1, -0.05) is 85.0 Å². The molecule has 1 aliphatic heterocycles. The van der Waals surface area contributed by atoms with E-state index >= 15 is 0 Å². The summed E-state index contributed by atoms with van der Waals surface area (Å²) in [7, 11) is 0. The first-order valence-electron chi connectivity index (χ1n) is 8.13. The molecule has 0 unspecified atom stereocenters. The molecule has 22 heavy (non-hydrogen) atoms. The van der Waals surface area contributed by atoms with Crippen LogP contribution in [-0.2, 0) is 0 Å². The van der Waals surface area contributed by atoms with Gasteiger partial charge in [-0.3, -0.25) is 0 Å². The first-order valence-corrected chi connectivity index (χ1v) is 8.13. The highest BCUT2D eigenvalue weighted by atomic mass is 15.0. The fourth-order valence-corrected chi connectivity index (χ4v) is 2.89. The first-order chi connectivity index (χ1) is 10.9. The Morgan fingerprint density at radius 3 is 1.59 bits per heavy atom. The number of benzene rings is 2. The number of hydrogen-bond acceptors (Lipinski definition) is 1. The molecule has 0 spiro atoms. The molecule has 1 aliphatic rings. The highest BCUT2D eigenvalue weighted by Crippen LogP contribution is 2.16. The van der Waals surface area contributed by atoms with E-state index in [0.717, 1.165) is 0 Å². The molecule has 0 bridgehead atoms. The molecular weight excluding hydrogens is 266 g/mol. The molecule has 0 saturated carbocycles. The van der Waals surface area contributed by atoms with Crippen LogP contribution in [0.1, 0.15) is 30.4 Å². The van der Waals surface area contributed by atoms with Crippen LogP contribution in [0.5, 0.6) is 0 Å². The lowest BCUT2D eigenvalue weighted by Gasteiger charge is -2.27. The molecule has 2 atom stereocenters. The average Bonchev–Trinajstić information content (AvgIpc) is 2.60. The fourth-order valence-electron chi connectivity index (χ4n) is 2.89. The van der Waals surface area contributed by atoms with E-state index in [1.54, 1.807) is 0 Å². The summed E-state index contributed by atoms with van der Waals surface area (Å²) in [6, 6.07) is 22.0. The highest BCUT2D eigenvalue weighted by Gasteiger charge is 2.16. The van der Waals surface area contributed by atoms with Gasteiger partial charge in [0.25, 0.3) is 0 Å². The van der Waals surface area contributed by atoms with Gasteiger partial charge < -0.3 is 5.32 Å². The Hall–Kier alpha value is -2.12. The van der Waals surface area contributed by atoms with Crippen LogP contribution in [0.4, 0.5) is 0 Å². The summed E-state index contributed by atoms with van der Waals surface area (Å²) in [5.41, 5.74) is 2.54. The Kier molecular flexibility index (Phi) is 5.22. The molecule has 0 radical (unpaired) electrons. The van der Waals surface area contributed by atoms with Crippen molar-refractivity contribution >= 4 is 12.2 Å². The quantitative estimate of drug-likeness (QED) is 0.842. The smallest absolute Gasteiger partial charge is 0.0258 e. The van der Waals surface area contributed by atoms with Crippen LogP contribution in [0.3, 0.4) is 0 Å². The number of nitrogens with one attached hydrogen (secondary N) is 1. The highest BCUT2D eigenvalue weighted by molar-refractivity contribution is 5.51. The third-order valence-electron chi connectivity index (χ3n) is 4.10. The second-order valence-corrected chi connectivity index (χ2v) is 5.85. The molecule has 0 amide bonds. The molecule has 1 heterocycles. The van der Waals surface area contributed by atoms with Gasteiger partial charge in [0.1, 0.15) is 0 Å². The summed E-state index contributed by atoms with van der Waals surface area (Å²) in [4.78, 5) is 0. The maximum absolute atomic E-state index is 3.72. The van der Waals surface area contributed by atoms with Crippen molar-refractivity contribution in [2.75, 3.05) is 0 Å². The second kappa shape index (κ2) is 7.77. The largest absolute Gasteiger partial charge is 0.304 e. The summed E-state index contributed by atoms with van der Waals surface area (Å²) in [6.45, 7) is 0. The minimum absolute atomic E-state index is 0.472. The Morgan fingerprint density at radius 2 is 1.14 bits per heavy atom. The Morgan fingerprint density at radius 1 is 0.682 bits per heavy atom. The average molecular weight is 289 g/mol. The zero-order valence-corrected chi connectivity index (χ0v) is 12.9. The second-order valence-electron chi connectivity index (χ2n) is 5.85. The van der Waals surface area contributed by atoms with E-state index in [2.05, 4.69) is 90.3 Å². The zero-order valence-electron chi connectivity index (χ0n) is 12.9. The number of hydrogen-bond donors (Lipinski definition) is 1. The van der Waals surface area contributed by atoms with Gasteiger partial charge in [-0.15, -0.1) is 0 Å². The van der Waals surface area contributed by atoms with Crippen LogP contribution >= 0.6 is 0 Å². The summed E-state index contributed by atoms with van der Waals surface area (Å²) in [5.74, 6) is 0. The van der Waals surface area contributed by atoms with Crippen molar-refractivity contribution in [1.82, 2.24) is 5.32 Å². The summed E-state index contributed by atoms with van der Waals surface area (Å²) < 4.78 is 0. The van der Waals surface area contributed by atoms with E-state index < -0.39 is 0 Å². The van der Waals surface area contributed by atoms with Crippen molar-refractivity contribution in [2.45, 2.75) is 31.3 Å². The van der Waals surface area contributed by atoms with Crippen molar-refractivity contribution in [1.29, 1.82) is 0 Å². The van der Waals surface area contributed by atoms with Crippen molar-refractivity contribution in [3.8, 4) is 0 Å². The molecule has 1 N–H and O–H groups in total. The van der Waals surface area contributed by atoms with E-state index in [4.69, 9.17) is 0 Å². The Bertz CT molecular complexity index is 557. The maximum Gasteiger partial charge on any atom is 0.0258 e. The minimum atomic E-state index is 0.472. The van der Waals surface area contributed by atoms with Crippen molar-refractivity contribution in [3.63, 3.8) is 0 Å². The monoisotopic (exact) mass is 289 g/mol. The summed E-state index contributed by atoms with van der Waals surface area (Å²) in [6.07, 6.45) is 12.8. The fraction of sp³-hybridized carbons (Fsp3) is 0.238. The van der Waals surface area contributed by atoms with Crippen LogP contribution in [-0.4, -0.2) is 12.1 Å². The lowest BCUT2D eigenvalue weighted by molar-refractivity contribution is 0.401. The maximum atomic E-state index is 3.72. The molecule has 2 aromatic carbocycles. The number of rotatable bonds is 4. The predicted molar refractivity (Wildman–Crippen MR) is 95.5 cm³/mol. The van der Waals surface area contributed by atoms with Gasteiger partial charge in [-0.2, -0.15) is 0 Å². The molecule has 1 heteroatoms. The molecule has 1 fully saturated rings. The van der Waals surface area contributed by atoms with Crippen molar-refractivity contribution in [2.24, 2.45) is 0 Å². The summed E-state index contributed by atoms with van der Waals surface area (Å²) in [5, 5.41) is 3.72. The van der Waals surface area contributed by atoms with Crippen LogP contribution < -0.4 is 5.32 Å². The van der Waals surface area contributed by atoms with Crippen molar-refractivity contribution < 1.29 is 0 Å².